The lowest BCUT2D eigenvalue weighted by Gasteiger charge is -2.35. The molecule has 0 aliphatic heterocycles. The summed E-state index contributed by atoms with van der Waals surface area (Å²) in [5.74, 6) is -5.61. The molecule has 0 bridgehead atoms. The third-order valence-electron chi connectivity index (χ3n) is 5.01. The number of alkyl halides is 6. The van der Waals surface area contributed by atoms with E-state index in [1.165, 1.54) is 12.2 Å². The lowest BCUT2D eigenvalue weighted by Crippen LogP contribution is -2.69. The fourth-order valence-electron chi connectivity index (χ4n) is 3.10. The molecule has 208 valence electrons. The highest BCUT2D eigenvalue weighted by Crippen LogP contribution is 2.41. The lowest BCUT2D eigenvalue weighted by atomic mass is 9.92. The monoisotopic (exact) mass is 590 g/mol. The number of benzene rings is 2. The highest BCUT2D eigenvalue weighted by molar-refractivity contribution is 6.36. The maximum atomic E-state index is 14.3. The van der Waals surface area contributed by atoms with Gasteiger partial charge < -0.3 is 25.2 Å². The van der Waals surface area contributed by atoms with Gasteiger partial charge in [0.25, 0.3) is 11.5 Å². The highest BCUT2D eigenvalue weighted by Gasteiger charge is 2.64. The van der Waals surface area contributed by atoms with Crippen LogP contribution in [0.4, 0.5) is 32.0 Å². The van der Waals surface area contributed by atoms with Gasteiger partial charge in [-0.1, -0.05) is 35.3 Å². The van der Waals surface area contributed by atoms with E-state index in [4.69, 9.17) is 23.2 Å². The minimum Gasteiger partial charge on any atom is -0.466 e. The number of esters is 2. The van der Waals surface area contributed by atoms with Crippen LogP contribution in [-0.4, -0.2) is 54.7 Å². The summed E-state index contributed by atoms with van der Waals surface area (Å²) < 4.78 is 92.0. The first-order chi connectivity index (χ1) is 17.4. The molecule has 0 saturated carbocycles. The number of halogens is 8. The Morgan fingerprint density at radius 1 is 0.921 bits per heavy atom. The summed E-state index contributed by atoms with van der Waals surface area (Å²) in [6, 6.07) is 5.33. The van der Waals surface area contributed by atoms with Gasteiger partial charge in [-0.3, -0.25) is 4.79 Å². The van der Waals surface area contributed by atoms with E-state index in [0.29, 0.717) is 31.4 Å². The summed E-state index contributed by atoms with van der Waals surface area (Å²) in [4.78, 5) is 37.0. The zero-order chi connectivity index (χ0) is 29.1. The first-order valence-electron chi connectivity index (χ1n) is 10.2. The quantitative estimate of drug-likeness (QED) is 0.234. The van der Waals surface area contributed by atoms with Gasteiger partial charge in [-0.25, -0.2) is 9.59 Å². The van der Waals surface area contributed by atoms with Crippen molar-refractivity contribution in [2.75, 3.05) is 19.0 Å². The molecule has 0 aliphatic rings. The van der Waals surface area contributed by atoms with Crippen molar-refractivity contribution < 1.29 is 55.3 Å². The largest absolute Gasteiger partial charge is 0.466 e. The average molecular weight is 591 g/mol. The molecule has 0 aromatic heterocycles. The Morgan fingerprint density at radius 2 is 1.50 bits per heavy atom. The third-order valence-corrected chi connectivity index (χ3v) is 5.56. The predicted octanol–water partition coefficient (Wildman–Crippen LogP) is 4.58. The zero-order valence-electron chi connectivity index (χ0n) is 19.3. The normalized spacial score (nSPS) is 15.0. The predicted molar refractivity (Wildman–Crippen MR) is 121 cm³/mol. The number of carbonyl (C=O) groups excluding carboxylic acids is 3. The fraction of sp³-hybridized carbons (Fsp3) is 0.318. The van der Waals surface area contributed by atoms with Crippen molar-refractivity contribution in [3.05, 3.63) is 63.6 Å². The van der Waals surface area contributed by atoms with E-state index in [1.54, 1.807) is 5.32 Å². The zero-order valence-corrected chi connectivity index (χ0v) is 20.8. The molecule has 0 saturated heterocycles. The molecule has 3 N–H and O–H groups in total. The molecule has 0 radical (unpaired) electrons. The summed E-state index contributed by atoms with van der Waals surface area (Å²) in [6.07, 6.45) is -11.2. The van der Waals surface area contributed by atoms with E-state index < -0.39 is 64.9 Å². The third kappa shape index (κ3) is 5.92. The van der Waals surface area contributed by atoms with Gasteiger partial charge in [0.15, 0.2) is 0 Å². The van der Waals surface area contributed by atoms with Crippen LogP contribution in [0.5, 0.6) is 0 Å². The lowest BCUT2D eigenvalue weighted by molar-refractivity contribution is -0.267. The first-order valence-corrected chi connectivity index (χ1v) is 11.0. The van der Waals surface area contributed by atoms with Gasteiger partial charge in [0.1, 0.15) is 0 Å². The molecule has 2 rings (SSSR count). The molecule has 16 heteroatoms. The van der Waals surface area contributed by atoms with Gasteiger partial charge in [-0.15, -0.1) is 0 Å². The van der Waals surface area contributed by atoms with E-state index >= 15 is 0 Å². The molecule has 0 spiro atoms. The van der Waals surface area contributed by atoms with E-state index in [9.17, 15) is 45.8 Å². The van der Waals surface area contributed by atoms with Gasteiger partial charge in [-0.2, -0.15) is 26.3 Å². The number of nitrogens with one attached hydrogen (secondary N) is 2. The van der Waals surface area contributed by atoms with Crippen LogP contribution in [0.3, 0.4) is 0 Å². The number of methoxy groups -OCH3 is 1. The number of rotatable bonds is 8. The van der Waals surface area contributed by atoms with Crippen molar-refractivity contribution in [2.24, 2.45) is 0 Å². The van der Waals surface area contributed by atoms with Crippen LogP contribution in [0.1, 0.15) is 22.8 Å². The highest BCUT2D eigenvalue weighted by atomic mass is 35.5. The molecule has 0 fully saturated rings. The van der Waals surface area contributed by atoms with Crippen LogP contribution in [0.25, 0.3) is 0 Å². The Balaban J connectivity index is 2.56. The Kier molecular flexibility index (Phi) is 9.18. The second kappa shape index (κ2) is 11.3. The molecule has 2 aromatic rings. The van der Waals surface area contributed by atoms with Crippen molar-refractivity contribution in [3.63, 3.8) is 0 Å². The summed E-state index contributed by atoms with van der Waals surface area (Å²) >= 11 is 11.6. The van der Waals surface area contributed by atoms with Crippen LogP contribution < -0.4 is 10.6 Å². The first kappa shape index (κ1) is 31.0. The maximum absolute atomic E-state index is 14.3. The number of anilines is 1. The molecule has 1 amide bonds. The molecule has 8 nitrogen and oxygen atoms in total. The van der Waals surface area contributed by atoms with Crippen molar-refractivity contribution >= 4 is 46.7 Å². The number of aliphatic hydroxyl groups is 1. The molecule has 0 unspecified atom stereocenters. The molecular weight excluding hydrogens is 573 g/mol. The number of hydrogen-bond acceptors (Lipinski definition) is 7. The van der Waals surface area contributed by atoms with Crippen LogP contribution in [0.2, 0.25) is 10.0 Å². The second-order valence-corrected chi connectivity index (χ2v) is 8.29. The maximum Gasteiger partial charge on any atom is 0.441 e. The Hall–Kier alpha value is -3.23. The molecule has 0 aliphatic carbocycles. The van der Waals surface area contributed by atoms with Crippen molar-refractivity contribution in [1.29, 1.82) is 0 Å². The van der Waals surface area contributed by atoms with Crippen molar-refractivity contribution in [2.45, 2.75) is 30.5 Å². The van der Waals surface area contributed by atoms with E-state index in [2.05, 4.69) is 9.47 Å². The van der Waals surface area contributed by atoms with Gasteiger partial charge in [0, 0.05) is 16.3 Å². The van der Waals surface area contributed by atoms with E-state index in [0.717, 1.165) is 18.2 Å². The average Bonchev–Trinajstić information content (AvgIpc) is 2.81. The smallest absolute Gasteiger partial charge is 0.441 e. The SMILES string of the molecule is CCOC(=O)[C@](O)(c1ccc(N[C@](NC(=O)c2ccc(Cl)cc2Cl)(C(=O)OC)C(F)(F)F)cc1)C(F)(F)F. The standard InChI is InChI=1S/C22H18Cl2F6N2O6/c1-3-38-17(34)19(36,21(25,26)27)11-4-7-13(8-5-11)31-20(18(35)37-2,22(28,29)30)32-16(33)14-9-6-12(23)10-15(14)24/h4-10,31,36H,3H2,1-2H3,(H,32,33)/t19-,20+/m1/s1. The Labute approximate surface area is 220 Å². The minimum absolute atomic E-state index is 0.0569. The summed E-state index contributed by atoms with van der Waals surface area (Å²) in [5, 5.41) is 13.0. The number of carbonyl (C=O) groups is 3. The van der Waals surface area contributed by atoms with Crippen LogP contribution >= 0.6 is 23.2 Å². The van der Waals surface area contributed by atoms with Gasteiger partial charge in [0.2, 0.25) is 0 Å². The molecule has 0 heterocycles. The summed E-state index contributed by atoms with van der Waals surface area (Å²) in [5.41, 5.74) is -10.4. The second-order valence-electron chi connectivity index (χ2n) is 7.45. The van der Waals surface area contributed by atoms with Crippen LogP contribution in [0, 0.1) is 0 Å². The minimum atomic E-state index is -5.59. The van der Waals surface area contributed by atoms with Gasteiger partial charge >= 0.3 is 30.0 Å². The summed E-state index contributed by atoms with van der Waals surface area (Å²) in [7, 11) is 0.595. The fourth-order valence-corrected chi connectivity index (χ4v) is 3.59. The topological polar surface area (TPSA) is 114 Å². The van der Waals surface area contributed by atoms with Crippen molar-refractivity contribution in [3.8, 4) is 0 Å². The number of amides is 1. The molecule has 2 atom stereocenters. The molecular formula is C22H18Cl2F6N2O6. The van der Waals surface area contributed by atoms with Gasteiger partial charge in [-0.05, 0) is 37.3 Å². The van der Waals surface area contributed by atoms with Crippen LogP contribution in [-0.2, 0) is 24.7 Å². The van der Waals surface area contributed by atoms with Crippen molar-refractivity contribution in [1.82, 2.24) is 5.32 Å². The Morgan fingerprint density at radius 3 is 1.95 bits per heavy atom. The number of ether oxygens (including phenoxy) is 2. The van der Waals surface area contributed by atoms with Crippen LogP contribution in [0.15, 0.2) is 42.5 Å². The Bertz CT molecular complexity index is 1210. The van der Waals surface area contributed by atoms with E-state index in [-0.39, 0.29) is 10.0 Å². The van der Waals surface area contributed by atoms with E-state index in [1.807, 2.05) is 0 Å². The molecule has 2 aromatic carbocycles. The molecule has 38 heavy (non-hydrogen) atoms. The summed E-state index contributed by atoms with van der Waals surface area (Å²) in [6.45, 7) is 0.679. The number of hydrogen-bond donors (Lipinski definition) is 3. The van der Waals surface area contributed by atoms with Gasteiger partial charge in [0.05, 0.1) is 24.3 Å².